The molecule has 1 amide bonds. The Morgan fingerprint density at radius 3 is 3.21 bits per heavy atom. The second-order valence-electron chi connectivity index (χ2n) is 5.62. The summed E-state index contributed by atoms with van der Waals surface area (Å²) < 4.78 is 6.94. The number of amides is 1. The summed E-state index contributed by atoms with van der Waals surface area (Å²) in [6.07, 6.45) is 7.39. The number of rotatable bonds is 5. The number of nitrogens with one attached hydrogen (secondary N) is 1. The fourth-order valence-electron chi connectivity index (χ4n) is 2.91. The lowest BCUT2D eigenvalue weighted by molar-refractivity contribution is 0.0933. The monoisotopic (exact) mass is 325 g/mol. The summed E-state index contributed by atoms with van der Waals surface area (Å²) in [5.41, 5.74) is 0.802. The molecule has 1 aromatic carbocycles. The van der Waals surface area contributed by atoms with Gasteiger partial charge in [-0.3, -0.25) is 9.36 Å². The van der Waals surface area contributed by atoms with E-state index in [0.717, 1.165) is 25.1 Å². The highest BCUT2D eigenvalue weighted by Gasteiger charge is 2.24. The molecule has 3 rings (SSSR count). The summed E-state index contributed by atoms with van der Waals surface area (Å²) in [6.45, 7) is 1.20. The normalized spacial score (nSPS) is 16.7. The van der Waals surface area contributed by atoms with Gasteiger partial charge in [-0.1, -0.05) is 6.07 Å². The number of imidazole rings is 1. The number of nitriles is 1. The molecule has 2 aromatic rings. The maximum absolute atomic E-state index is 12.5. The summed E-state index contributed by atoms with van der Waals surface area (Å²) in [6, 6.07) is 7.50. The van der Waals surface area contributed by atoms with Crippen molar-refractivity contribution >= 4 is 5.91 Å². The SMILES string of the molecule is COc1cccc(-n2ccnc2C(=O)NC[C@H]2CCCN2C#N)c1. The molecule has 1 N–H and O–H groups in total. The number of hydrogen-bond donors (Lipinski definition) is 1. The van der Waals surface area contributed by atoms with Crippen molar-refractivity contribution in [3.8, 4) is 17.6 Å². The number of likely N-dealkylation sites (tertiary alicyclic amines) is 1. The fourth-order valence-corrected chi connectivity index (χ4v) is 2.91. The zero-order valence-corrected chi connectivity index (χ0v) is 13.5. The van der Waals surface area contributed by atoms with E-state index in [0.29, 0.717) is 18.1 Å². The van der Waals surface area contributed by atoms with Gasteiger partial charge in [-0.25, -0.2) is 4.98 Å². The first kappa shape index (κ1) is 15.9. The minimum absolute atomic E-state index is 0.0687. The Bertz CT molecular complexity index is 764. The van der Waals surface area contributed by atoms with E-state index in [1.807, 2.05) is 24.3 Å². The van der Waals surface area contributed by atoms with Crippen LogP contribution < -0.4 is 10.1 Å². The van der Waals surface area contributed by atoms with Crippen LogP contribution in [0.3, 0.4) is 0 Å². The molecule has 0 spiro atoms. The standard InChI is InChI=1S/C17H19N5O2/c1-24-15-6-2-4-13(10-15)22-9-7-19-16(22)17(23)20-11-14-5-3-8-21(14)12-18/h2,4,6-7,9-10,14H,3,5,8,11H2,1H3,(H,20,23)/t14-/m1/s1. The molecular formula is C17H19N5O2. The minimum atomic E-state index is -0.257. The Morgan fingerprint density at radius 2 is 2.42 bits per heavy atom. The number of methoxy groups -OCH3 is 1. The molecule has 1 aliphatic rings. The predicted molar refractivity (Wildman–Crippen MR) is 87.8 cm³/mol. The zero-order valence-electron chi connectivity index (χ0n) is 13.5. The minimum Gasteiger partial charge on any atom is -0.497 e. The van der Waals surface area contributed by atoms with E-state index in [9.17, 15) is 4.79 Å². The molecule has 24 heavy (non-hydrogen) atoms. The third-order valence-electron chi connectivity index (χ3n) is 4.18. The van der Waals surface area contributed by atoms with Crippen molar-refractivity contribution in [3.05, 3.63) is 42.5 Å². The van der Waals surface area contributed by atoms with Gasteiger partial charge in [0.15, 0.2) is 6.19 Å². The molecule has 7 nitrogen and oxygen atoms in total. The van der Waals surface area contributed by atoms with E-state index in [4.69, 9.17) is 10.00 Å². The van der Waals surface area contributed by atoms with E-state index in [1.54, 1.807) is 29.0 Å². The van der Waals surface area contributed by atoms with Crippen molar-refractivity contribution < 1.29 is 9.53 Å². The van der Waals surface area contributed by atoms with Crippen LogP contribution in [-0.2, 0) is 0 Å². The van der Waals surface area contributed by atoms with E-state index in [-0.39, 0.29) is 11.9 Å². The average Bonchev–Trinajstić information content (AvgIpc) is 3.28. The van der Waals surface area contributed by atoms with Crippen LogP contribution in [0.4, 0.5) is 0 Å². The van der Waals surface area contributed by atoms with E-state index < -0.39 is 0 Å². The summed E-state index contributed by atoms with van der Waals surface area (Å²) in [4.78, 5) is 18.4. The average molecular weight is 325 g/mol. The smallest absolute Gasteiger partial charge is 0.287 e. The molecule has 0 saturated carbocycles. The van der Waals surface area contributed by atoms with E-state index in [2.05, 4.69) is 16.5 Å². The third kappa shape index (κ3) is 3.18. The molecule has 1 fully saturated rings. The van der Waals surface area contributed by atoms with Gasteiger partial charge in [0.05, 0.1) is 18.8 Å². The van der Waals surface area contributed by atoms with Crippen LogP contribution >= 0.6 is 0 Å². The Labute approximate surface area is 140 Å². The second-order valence-corrected chi connectivity index (χ2v) is 5.62. The summed E-state index contributed by atoms with van der Waals surface area (Å²) in [5.74, 6) is 0.764. The Hall–Kier alpha value is -3.01. The van der Waals surface area contributed by atoms with Crippen molar-refractivity contribution in [1.82, 2.24) is 19.8 Å². The summed E-state index contributed by atoms with van der Waals surface area (Å²) in [7, 11) is 1.60. The molecule has 1 aliphatic heterocycles. The van der Waals surface area contributed by atoms with Crippen LogP contribution in [0.2, 0.25) is 0 Å². The van der Waals surface area contributed by atoms with Gasteiger partial charge in [0, 0.05) is 31.5 Å². The number of ether oxygens (including phenoxy) is 1. The second kappa shape index (κ2) is 7.04. The quantitative estimate of drug-likeness (QED) is 0.844. The Kier molecular flexibility index (Phi) is 4.66. The highest BCUT2D eigenvalue weighted by Crippen LogP contribution is 2.18. The predicted octanol–water partition coefficient (Wildman–Crippen LogP) is 1.56. The van der Waals surface area contributed by atoms with Gasteiger partial charge < -0.3 is 15.0 Å². The van der Waals surface area contributed by atoms with E-state index in [1.165, 1.54) is 0 Å². The van der Waals surface area contributed by atoms with Crippen molar-refractivity contribution in [3.63, 3.8) is 0 Å². The number of nitrogens with zero attached hydrogens (tertiary/aromatic N) is 4. The molecule has 7 heteroatoms. The molecule has 124 valence electrons. The fraction of sp³-hybridized carbons (Fsp3) is 0.353. The van der Waals surface area contributed by atoms with Gasteiger partial charge in [0.2, 0.25) is 5.82 Å². The maximum atomic E-state index is 12.5. The van der Waals surface area contributed by atoms with Gasteiger partial charge >= 0.3 is 0 Å². The summed E-state index contributed by atoms with van der Waals surface area (Å²) in [5, 5.41) is 11.9. The molecule has 2 heterocycles. The Morgan fingerprint density at radius 1 is 1.54 bits per heavy atom. The largest absolute Gasteiger partial charge is 0.497 e. The lowest BCUT2D eigenvalue weighted by Crippen LogP contribution is -2.38. The maximum Gasteiger partial charge on any atom is 0.287 e. The van der Waals surface area contributed by atoms with Crippen LogP contribution in [0.1, 0.15) is 23.5 Å². The molecule has 1 saturated heterocycles. The summed E-state index contributed by atoms with van der Waals surface area (Å²) >= 11 is 0. The molecule has 1 aromatic heterocycles. The number of hydrogen-bond acceptors (Lipinski definition) is 5. The van der Waals surface area contributed by atoms with Gasteiger partial charge in [-0.2, -0.15) is 5.26 Å². The molecule has 1 atom stereocenters. The van der Waals surface area contributed by atoms with Gasteiger partial charge in [-0.05, 0) is 25.0 Å². The van der Waals surface area contributed by atoms with Crippen LogP contribution in [0.5, 0.6) is 5.75 Å². The van der Waals surface area contributed by atoms with Crippen molar-refractivity contribution in [2.24, 2.45) is 0 Å². The number of carbonyl (C=O) groups excluding carboxylic acids is 1. The van der Waals surface area contributed by atoms with Crippen molar-refractivity contribution in [2.75, 3.05) is 20.2 Å². The molecule has 0 unspecified atom stereocenters. The highest BCUT2D eigenvalue weighted by atomic mass is 16.5. The first-order valence-electron chi connectivity index (χ1n) is 7.85. The zero-order chi connectivity index (χ0) is 16.9. The molecule has 0 radical (unpaired) electrons. The number of aromatic nitrogens is 2. The molecular weight excluding hydrogens is 306 g/mol. The number of carbonyl (C=O) groups is 1. The topological polar surface area (TPSA) is 83.2 Å². The van der Waals surface area contributed by atoms with Crippen molar-refractivity contribution in [1.29, 1.82) is 5.26 Å². The molecule has 0 bridgehead atoms. The number of benzene rings is 1. The first-order chi connectivity index (χ1) is 11.7. The van der Waals surface area contributed by atoms with Crippen LogP contribution in [0.15, 0.2) is 36.7 Å². The van der Waals surface area contributed by atoms with Crippen LogP contribution in [0.25, 0.3) is 5.69 Å². The Balaban J connectivity index is 1.72. The van der Waals surface area contributed by atoms with E-state index >= 15 is 0 Å². The van der Waals surface area contributed by atoms with Crippen molar-refractivity contribution in [2.45, 2.75) is 18.9 Å². The highest BCUT2D eigenvalue weighted by molar-refractivity contribution is 5.91. The lowest BCUT2D eigenvalue weighted by atomic mass is 10.2. The van der Waals surface area contributed by atoms with Crippen LogP contribution in [-0.4, -0.2) is 46.6 Å². The van der Waals surface area contributed by atoms with Gasteiger partial charge in [0.25, 0.3) is 5.91 Å². The van der Waals surface area contributed by atoms with Gasteiger partial charge in [0.1, 0.15) is 5.75 Å². The van der Waals surface area contributed by atoms with Gasteiger partial charge in [-0.15, -0.1) is 0 Å². The lowest BCUT2D eigenvalue weighted by Gasteiger charge is -2.18. The van der Waals surface area contributed by atoms with Crippen LogP contribution in [0, 0.1) is 11.5 Å². The molecule has 0 aliphatic carbocycles. The third-order valence-corrected chi connectivity index (χ3v) is 4.18. The first-order valence-corrected chi connectivity index (χ1v) is 7.85.